The van der Waals surface area contributed by atoms with Crippen molar-refractivity contribution in [3.63, 3.8) is 0 Å². The van der Waals surface area contributed by atoms with Gasteiger partial charge in [0.2, 0.25) is 0 Å². The first kappa shape index (κ1) is 23.3. The molecular formula is C24H32N2O4. The molecule has 162 valence electrons. The highest BCUT2D eigenvalue weighted by molar-refractivity contribution is 5.74. The third kappa shape index (κ3) is 7.78. The average molecular weight is 413 g/mol. The molecule has 0 atom stereocenters. The van der Waals surface area contributed by atoms with E-state index in [4.69, 9.17) is 9.47 Å². The van der Waals surface area contributed by atoms with Gasteiger partial charge in [0.1, 0.15) is 11.2 Å². The summed E-state index contributed by atoms with van der Waals surface area (Å²) in [6.45, 7) is 11.1. The molecular weight excluding hydrogens is 380 g/mol. The number of hydrogen-bond acceptors (Lipinski definition) is 4. The molecule has 2 aromatic carbocycles. The van der Waals surface area contributed by atoms with Gasteiger partial charge in [0, 0.05) is 0 Å². The zero-order valence-corrected chi connectivity index (χ0v) is 18.7. The number of hydrazine groups is 1. The van der Waals surface area contributed by atoms with E-state index in [1.807, 2.05) is 60.7 Å². The summed E-state index contributed by atoms with van der Waals surface area (Å²) in [7, 11) is 0. The zero-order valence-electron chi connectivity index (χ0n) is 18.7. The summed E-state index contributed by atoms with van der Waals surface area (Å²) in [4.78, 5) is 26.2. The molecule has 0 spiro atoms. The van der Waals surface area contributed by atoms with Crippen molar-refractivity contribution in [1.29, 1.82) is 0 Å². The maximum Gasteiger partial charge on any atom is 0.429 e. The van der Waals surface area contributed by atoms with Gasteiger partial charge in [-0.15, -0.1) is 0 Å². The van der Waals surface area contributed by atoms with Crippen molar-refractivity contribution in [3.05, 3.63) is 71.8 Å². The molecule has 0 aliphatic carbocycles. The van der Waals surface area contributed by atoms with Crippen LogP contribution in [0.15, 0.2) is 60.7 Å². The van der Waals surface area contributed by atoms with Crippen LogP contribution in [0.25, 0.3) is 0 Å². The standard InChI is InChI=1S/C24H32N2O4/c1-23(2,3)29-21(27)25(17-19-13-9-7-10-14-19)26(22(28)30-24(4,5)6)18-20-15-11-8-12-16-20/h7-16H,17-18H2,1-6H3. The van der Waals surface area contributed by atoms with Crippen molar-refractivity contribution >= 4 is 12.2 Å². The normalized spacial score (nSPS) is 11.5. The molecule has 6 heteroatoms. The summed E-state index contributed by atoms with van der Waals surface area (Å²) in [6, 6.07) is 18.9. The molecule has 0 heterocycles. The van der Waals surface area contributed by atoms with Gasteiger partial charge in [0.15, 0.2) is 0 Å². The predicted octanol–water partition coefficient (Wildman–Crippen LogP) is 5.78. The van der Waals surface area contributed by atoms with Gasteiger partial charge in [0.25, 0.3) is 0 Å². The number of amides is 2. The maximum atomic E-state index is 13.1. The molecule has 30 heavy (non-hydrogen) atoms. The molecule has 0 aliphatic rings. The van der Waals surface area contributed by atoms with E-state index in [1.54, 1.807) is 41.5 Å². The molecule has 0 saturated heterocycles. The molecule has 0 unspecified atom stereocenters. The van der Waals surface area contributed by atoms with Crippen LogP contribution in [0.3, 0.4) is 0 Å². The Balaban J connectivity index is 2.42. The number of hydrogen-bond donors (Lipinski definition) is 0. The Hall–Kier alpha value is -3.02. The zero-order chi connectivity index (χ0) is 22.4. The fourth-order valence-electron chi connectivity index (χ4n) is 2.64. The van der Waals surface area contributed by atoms with Crippen molar-refractivity contribution in [1.82, 2.24) is 10.0 Å². The van der Waals surface area contributed by atoms with Gasteiger partial charge < -0.3 is 9.47 Å². The molecule has 2 aromatic rings. The van der Waals surface area contributed by atoms with Gasteiger partial charge in [-0.3, -0.25) is 0 Å². The smallest absolute Gasteiger partial charge is 0.429 e. The topological polar surface area (TPSA) is 59.1 Å². The van der Waals surface area contributed by atoms with E-state index >= 15 is 0 Å². The van der Waals surface area contributed by atoms with Crippen LogP contribution >= 0.6 is 0 Å². The van der Waals surface area contributed by atoms with Crippen LogP contribution < -0.4 is 0 Å². The summed E-state index contributed by atoms with van der Waals surface area (Å²) in [5, 5.41) is 2.61. The third-order valence-corrected chi connectivity index (χ3v) is 3.85. The van der Waals surface area contributed by atoms with Crippen molar-refractivity contribution in [2.24, 2.45) is 0 Å². The van der Waals surface area contributed by atoms with E-state index in [0.717, 1.165) is 11.1 Å². The molecule has 0 radical (unpaired) electrons. The Bertz CT molecular complexity index is 752. The van der Waals surface area contributed by atoms with Gasteiger partial charge in [-0.05, 0) is 52.7 Å². The number of carbonyl (C=O) groups is 2. The van der Waals surface area contributed by atoms with Crippen LogP contribution in [-0.2, 0) is 22.6 Å². The van der Waals surface area contributed by atoms with E-state index in [9.17, 15) is 9.59 Å². The first-order chi connectivity index (χ1) is 13.9. The number of rotatable bonds is 4. The Morgan fingerprint density at radius 1 is 0.633 bits per heavy atom. The van der Waals surface area contributed by atoms with E-state index in [2.05, 4.69) is 0 Å². The Labute approximate surface area is 179 Å². The van der Waals surface area contributed by atoms with E-state index in [-0.39, 0.29) is 13.1 Å². The van der Waals surface area contributed by atoms with Crippen molar-refractivity contribution in [2.75, 3.05) is 0 Å². The van der Waals surface area contributed by atoms with E-state index in [0.29, 0.717) is 0 Å². The summed E-state index contributed by atoms with van der Waals surface area (Å²) < 4.78 is 11.2. The molecule has 2 amide bonds. The molecule has 0 N–H and O–H groups in total. The lowest BCUT2D eigenvalue weighted by Gasteiger charge is -2.36. The highest BCUT2D eigenvalue weighted by atomic mass is 16.6. The van der Waals surface area contributed by atoms with Crippen LogP contribution in [0, 0.1) is 0 Å². The second-order valence-corrected chi connectivity index (χ2v) is 9.05. The molecule has 0 aliphatic heterocycles. The highest BCUT2D eigenvalue weighted by Gasteiger charge is 2.33. The van der Waals surface area contributed by atoms with Gasteiger partial charge in [-0.1, -0.05) is 60.7 Å². The number of carbonyl (C=O) groups excluding carboxylic acids is 2. The first-order valence-corrected chi connectivity index (χ1v) is 10.0. The van der Waals surface area contributed by atoms with Crippen molar-refractivity contribution in [3.8, 4) is 0 Å². The van der Waals surface area contributed by atoms with Crippen LogP contribution in [0.2, 0.25) is 0 Å². The second-order valence-electron chi connectivity index (χ2n) is 9.05. The summed E-state index contributed by atoms with van der Waals surface area (Å²) in [5.74, 6) is 0. The van der Waals surface area contributed by atoms with E-state index in [1.165, 1.54) is 10.0 Å². The van der Waals surface area contributed by atoms with E-state index < -0.39 is 23.4 Å². The maximum absolute atomic E-state index is 13.1. The Morgan fingerprint density at radius 2 is 0.933 bits per heavy atom. The fourth-order valence-corrected chi connectivity index (χ4v) is 2.64. The van der Waals surface area contributed by atoms with Crippen LogP contribution in [0.5, 0.6) is 0 Å². The SMILES string of the molecule is CC(C)(C)OC(=O)N(Cc1ccccc1)N(Cc1ccccc1)C(=O)OC(C)(C)C. The Kier molecular flexibility index (Phi) is 7.48. The molecule has 0 bridgehead atoms. The van der Waals surface area contributed by atoms with Crippen LogP contribution in [-0.4, -0.2) is 33.4 Å². The van der Waals surface area contributed by atoms with Gasteiger partial charge in [0.05, 0.1) is 13.1 Å². The van der Waals surface area contributed by atoms with Crippen molar-refractivity contribution in [2.45, 2.75) is 65.8 Å². The molecule has 6 nitrogen and oxygen atoms in total. The minimum absolute atomic E-state index is 0.168. The first-order valence-electron chi connectivity index (χ1n) is 10.0. The molecule has 0 fully saturated rings. The predicted molar refractivity (Wildman–Crippen MR) is 116 cm³/mol. The average Bonchev–Trinajstić information content (AvgIpc) is 2.63. The second kappa shape index (κ2) is 9.65. The molecule has 0 saturated carbocycles. The quantitative estimate of drug-likeness (QED) is 0.598. The van der Waals surface area contributed by atoms with Crippen molar-refractivity contribution < 1.29 is 19.1 Å². The number of ether oxygens (including phenoxy) is 2. The molecule has 0 aromatic heterocycles. The monoisotopic (exact) mass is 412 g/mol. The van der Waals surface area contributed by atoms with Gasteiger partial charge >= 0.3 is 12.2 Å². The largest absolute Gasteiger partial charge is 0.442 e. The number of benzene rings is 2. The summed E-state index contributed by atoms with van der Waals surface area (Å²) in [5.41, 5.74) is 0.312. The lowest BCUT2D eigenvalue weighted by molar-refractivity contribution is -0.0700. The minimum atomic E-state index is -0.710. The van der Waals surface area contributed by atoms with Crippen LogP contribution in [0.4, 0.5) is 9.59 Å². The minimum Gasteiger partial charge on any atom is -0.442 e. The summed E-state index contributed by atoms with van der Waals surface area (Å²) >= 11 is 0. The lowest BCUT2D eigenvalue weighted by Crippen LogP contribution is -2.51. The van der Waals surface area contributed by atoms with Crippen LogP contribution in [0.1, 0.15) is 52.7 Å². The van der Waals surface area contributed by atoms with Gasteiger partial charge in [-0.2, -0.15) is 0 Å². The Morgan fingerprint density at radius 3 is 1.20 bits per heavy atom. The highest BCUT2D eigenvalue weighted by Crippen LogP contribution is 2.20. The molecule has 2 rings (SSSR count). The van der Waals surface area contributed by atoms with Gasteiger partial charge in [-0.25, -0.2) is 19.6 Å². The third-order valence-electron chi connectivity index (χ3n) is 3.85. The summed E-state index contributed by atoms with van der Waals surface area (Å²) in [6.07, 6.45) is -1.23. The fraction of sp³-hybridized carbons (Fsp3) is 0.417. The number of nitrogens with zero attached hydrogens (tertiary/aromatic N) is 2. The lowest BCUT2D eigenvalue weighted by atomic mass is 10.2.